The second-order valence-electron chi connectivity index (χ2n) is 17.5. The predicted molar refractivity (Wildman–Crippen MR) is 222 cm³/mol. The Balaban J connectivity index is 1.20. The Morgan fingerprint density at radius 3 is 2.74 bits per heavy atom. The van der Waals surface area contributed by atoms with Crippen molar-refractivity contribution in [2.75, 3.05) is 63.9 Å². The minimum Gasteiger partial charge on any atom is -0.490 e. The number of nitrogens with zero attached hydrogens (tertiary/aromatic N) is 3. The van der Waals surface area contributed by atoms with Crippen LogP contribution in [-0.2, 0) is 26.3 Å². The fourth-order valence-corrected chi connectivity index (χ4v) is 12.5. The van der Waals surface area contributed by atoms with Gasteiger partial charge in [-0.1, -0.05) is 43.2 Å². The average molecular weight is 778 g/mol. The number of carbonyl (C=O) groups is 1. The van der Waals surface area contributed by atoms with E-state index in [-0.39, 0.29) is 22.5 Å². The number of fused-ring (bicyclic) bond motifs is 5. The summed E-state index contributed by atoms with van der Waals surface area (Å²) in [6.45, 7) is 14.5. The maximum Gasteiger partial charge on any atom is 0.262 e. The molecule has 6 aliphatic rings. The quantitative estimate of drug-likeness (QED) is 0.262. The summed E-state index contributed by atoms with van der Waals surface area (Å²) in [7, 11) is -2.95. The molecule has 294 valence electrons. The van der Waals surface area contributed by atoms with E-state index >= 15 is 0 Å². The molecule has 2 bridgehead atoms. The normalized spacial score (nSPS) is 36.8. The zero-order valence-corrected chi connectivity index (χ0v) is 34.3. The highest BCUT2D eigenvalue weighted by Gasteiger charge is 2.50. The van der Waals surface area contributed by atoms with Gasteiger partial charge in [-0.3, -0.25) is 19.3 Å². The van der Waals surface area contributed by atoms with Crippen molar-refractivity contribution in [3.8, 4) is 5.75 Å². The molecule has 1 spiro atoms. The smallest absolute Gasteiger partial charge is 0.262 e. The molecule has 1 saturated carbocycles. The van der Waals surface area contributed by atoms with Crippen molar-refractivity contribution in [3.05, 3.63) is 70.3 Å². The van der Waals surface area contributed by atoms with Gasteiger partial charge in [0.05, 0.1) is 22.0 Å². The number of hydrogen-bond donors (Lipinski definition) is 1. The third-order valence-electron chi connectivity index (χ3n) is 14.2. The first kappa shape index (κ1) is 38.3. The number of amides is 1. The molecule has 4 aliphatic heterocycles. The summed E-state index contributed by atoms with van der Waals surface area (Å²) < 4.78 is 30.9. The molecule has 1 N–H and O–H groups in total. The molecule has 2 aromatic rings. The largest absolute Gasteiger partial charge is 0.490 e. The van der Waals surface area contributed by atoms with Crippen molar-refractivity contribution in [3.63, 3.8) is 0 Å². The number of carbonyl (C=O) groups excluding carboxylic acids is 1. The van der Waals surface area contributed by atoms with Gasteiger partial charge in [-0.25, -0.2) is 4.21 Å². The molecule has 1 unspecified atom stereocenters. The monoisotopic (exact) mass is 776 g/mol. The van der Waals surface area contributed by atoms with E-state index in [4.69, 9.17) is 21.1 Å². The van der Waals surface area contributed by atoms with Gasteiger partial charge in [0.1, 0.15) is 11.4 Å². The molecule has 10 heteroatoms. The summed E-state index contributed by atoms with van der Waals surface area (Å²) in [5.41, 5.74) is 3.40. The number of benzene rings is 2. The Morgan fingerprint density at radius 1 is 1.06 bits per heavy atom. The van der Waals surface area contributed by atoms with Crippen molar-refractivity contribution >= 4 is 38.8 Å². The Hall–Kier alpha value is -2.56. The summed E-state index contributed by atoms with van der Waals surface area (Å²) in [5.74, 6) is 5.32. The van der Waals surface area contributed by atoms with Crippen LogP contribution in [0, 0.1) is 17.8 Å². The maximum atomic E-state index is 14.1. The van der Waals surface area contributed by atoms with Crippen LogP contribution in [0.15, 0.2) is 48.6 Å². The fourth-order valence-electron chi connectivity index (χ4n) is 10.8. The lowest BCUT2D eigenvalue weighted by molar-refractivity contribution is -0.116. The Labute approximate surface area is 329 Å². The number of anilines is 1. The first-order valence-electron chi connectivity index (χ1n) is 20.8. The van der Waals surface area contributed by atoms with Crippen LogP contribution in [0.5, 0.6) is 5.75 Å². The summed E-state index contributed by atoms with van der Waals surface area (Å²) in [5, 5.41) is 0.453. The third-order valence-corrected chi connectivity index (χ3v) is 16.6. The molecule has 2 saturated heterocycles. The highest BCUT2D eigenvalue weighted by Crippen LogP contribution is 2.49. The van der Waals surface area contributed by atoms with Gasteiger partial charge in [-0.05, 0) is 137 Å². The minimum absolute atomic E-state index is 0.0436. The number of ether oxygens (including phenoxy) is 2. The van der Waals surface area contributed by atoms with E-state index in [0.717, 1.165) is 94.3 Å². The number of halogens is 1. The van der Waals surface area contributed by atoms with Gasteiger partial charge in [0, 0.05) is 73.2 Å². The van der Waals surface area contributed by atoms with Gasteiger partial charge in [0.25, 0.3) is 5.91 Å². The lowest BCUT2D eigenvalue weighted by Gasteiger charge is -2.53. The van der Waals surface area contributed by atoms with Gasteiger partial charge < -0.3 is 14.4 Å². The molecule has 2 aromatic carbocycles. The summed E-state index contributed by atoms with van der Waals surface area (Å²) >= 11 is 6.54. The van der Waals surface area contributed by atoms with Crippen LogP contribution in [0.2, 0.25) is 5.02 Å². The number of piperazine rings is 1. The molecule has 0 aromatic heterocycles. The summed E-state index contributed by atoms with van der Waals surface area (Å²) in [6.07, 6.45) is 14.7. The van der Waals surface area contributed by atoms with Crippen molar-refractivity contribution < 1.29 is 18.5 Å². The van der Waals surface area contributed by atoms with E-state index < -0.39 is 15.3 Å². The second kappa shape index (κ2) is 15.4. The molecule has 54 heavy (non-hydrogen) atoms. The zero-order valence-electron chi connectivity index (χ0n) is 32.7. The second-order valence-corrected chi connectivity index (χ2v) is 20.4. The van der Waals surface area contributed by atoms with E-state index in [1.165, 1.54) is 36.9 Å². The van der Waals surface area contributed by atoms with Crippen LogP contribution < -0.4 is 14.4 Å². The first-order chi connectivity index (χ1) is 26.0. The number of piperidine rings is 1. The first-order valence-corrected chi connectivity index (χ1v) is 22.9. The molecular weight excluding hydrogens is 716 g/mol. The number of hydrogen-bond acceptors (Lipinski definition) is 7. The van der Waals surface area contributed by atoms with Crippen LogP contribution >= 0.6 is 11.6 Å². The molecule has 3 fully saturated rings. The fraction of sp³-hybridized carbons (Fsp3) is 0.636. The molecule has 8 atom stereocenters. The number of aryl methyl sites for hydroxylation is 1. The molecule has 0 radical (unpaired) electrons. The Bertz CT molecular complexity index is 1850. The van der Waals surface area contributed by atoms with Gasteiger partial charge in [0.2, 0.25) is 0 Å². The summed E-state index contributed by atoms with van der Waals surface area (Å²) in [4.78, 5) is 21.8. The van der Waals surface area contributed by atoms with Crippen LogP contribution in [0.25, 0.3) is 0 Å². The minimum atomic E-state index is -2.95. The maximum absolute atomic E-state index is 14.1. The van der Waals surface area contributed by atoms with Crippen molar-refractivity contribution in [2.24, 2.45) is 17.8 Å². The standard InChI is InChI=1S/C44H61ClN4O4S/c1-5-53-44(29-47-22-23-48-21-7-6-12-37(48)27-47)20-8-10-31(2)32(3)54(4,51)46-42(50)34-14-18-41-40(25-34)49(26-35-13-16-39(35)44)28-43(30-52-41)19-9-11-33-24-36(45)15-17-38(33)43/h8,14-15,17-18,20,24-25,31-32,35,37,39H,4-7,9-13,16,19,21-23,26-30H2,1-3H3,(H,46,50,51)/b20-8+/t31-,32+,35-,37+,39+,43-,44+,54?/m0/s1. The van der Waals surface area contributed by atoms with Gasteiger partial charge >= 0.3 is 0 Å². The summed E-state index contributed by atoms with van der Waals surface area (Å²) in [6, 6.07) is 12.7. The lowest BCUT2D eigenvalue weighted by Crippen LogP contribution is -2.61. The third kappa shape index (κ3) is 7.37. The van der Waals surface area contributed by atoms with Gasteiger partial charge in [-0.15, -0.1) is 0 Å². The van der Waals surface area contributed by atoms with Crippen LogP contribution in [0.3, 0.4) is 0 Å². The predicted octanol–water partition coefficient (Wildman–Crippen LogP) is 7.13. The molecule has 1 amide bonds. The van der Waals surface area contributed by atoms with Crippen LogP contribution in [0.1, 0.15) is 93.6 Å². The van der Waals surface area contributed by atoms with E-state index in [0.29, 0.717) is 36.7 Å². The number of rotatable bonds is 4. The molecular formula is C44H61ClN4O4S. The van der Waals surface area contributed by atoms with Crippen molar-refractivity contribution in [1.29, 1.82) is 0 Å². The van der Waals surface area contributed by atoms with E-state index in [1.807, 2.05) is 31.2 Å². The van der Waals surface area contributed by atoms with Crippen LogP contribution in [0.4, 0.5) is 5.69 Å². The molecule has 8 nitrogen and oxygen atoms in total. The zero-order chi connectivity index (χ0) is 37.7. The van der Waals surface area contributed by atoms with Crippen molar-refractivity contribution in [2.45, 2.75) is 101 Å². The molecule has 2 aliphatic carbocycles. The number of nitrogens with one attached hydrogen (secondary N) is 1. The van der Waals surface area contributed by atoms with E-state index in [9.17, 15) is 9.00 Å². The molecule has 8 rings (SSSR count). The molecule has 4 heterocycles. The lowest BCUT2D eigenvalue weighted by atomic mass is 9.63. The van der Waals surface area contributed by atoms with Gasteiger partial charge in [-0.2, -0.15) is 0 Å². The highest BCUT2D eigenvalue weighted by atomic mass is 35.5. The van der Waals surface area contributed by atoms with E-state index in [1.54, 1.807) is 0 Å². The van der Waals surface area contributed by atoms with Crippen LogP contribution in [-0.4, -0.2) is 102 Å². The Morgan fingerprint density at radius 2 is 1.93 bits per heavy atom. The number of allylic oxidation sites excluding steroid dienone is 1. The topological polar surface area (TPSA) is 74.4 Å². The highest BCUT2D eigenvalue weighted by molar-refractivity contribution is 7.99. The van der Waals surface area contributed by atoms with E-state index in [2.05, 4.69) is 63.4 Å². The Kier molecular flexibility index (Phi) is 10.9. The van der Waals surface area contributed by atoms with Gasteiger partial charge in [0.15, 0.2) is 0 Å². The van der Waals surface area contributed by atoms with Crippen molar-refractivity contribution in [1.82, 2.24) is 14.5 Å². The average Bonchev–Trinajstić information content (AvgIpc) is 3.29. The SMILES string of the molecule is C=S1(=O)NC(=O)c2ccc3c(c2)N(C[C@@H]2CC[C@H]2[C@@](CN2CCN4CCCC[C@@H]4C2)(OCC)/C=C/C[C@H](C)[C@H]1C)C[C@@]1(CCCc2cc(Cl)ccc21)CO3.